The summed E-state index contributed by atoms with van der Waals surface area (Å²) in [4.78, 5) is 0. The molecule has 68 valence electrons. The molecule has 1 N–H and O–H groups in total. The van der Waals surface area contributed by atoms with Gasteiger partial charge in [0.15, 0.2) is 0 Å². The van der Waals surface area contributed by atoms with Gasteiger partial charge in [0.2, 0.25) is 0 Å². The lowest BCUT2D eigenvalue weighted by atomic mass is 10.4. The van der Waals surface area contributed by atoms with Crippen molar-refractivity contribution >= 4 is 11.6 Å². The van der Waals surface area contributed by atoms with E-state index in [1.54, 1.807) is 7.11 Å². The first-order valence-corrected chi connectivity index (χ1v) is 4.08. The smallest absolute Gasteiger partial charge is 0.0908 e. The maximum atomic E-state index is 8.98. The van der Waals surface area contributed by atoms with Crippen LogP contribution in [-0.2, 0) is 9.47 Å². The summed E-state index contributed by atoms with van der Waals surface area (Å²) in [5.41, 5.74) is 0. The zero-order valence-corrected chi connectivity index (χ0v) is 7.67. The SMILES string of the molecule is COC[C@@H](C)OC[C@H](O)CCl. The van der Waals surface area contributed by atoms with E-state index in [1.165, 1.54) is 0 Å². The molecule has 0 saturated carbocycles. The van der Waals surface area contributed by atoms with Gasteiger partial charge >= 0.3 is 0 Å². The lowest BCUT2D eigenvalue weighted by Crippen LogP contribution is -2.23. The Morgan fingerprint density at radius 1 is 1.45 bits per heavy atom. The predicted octanol–water partition coefficient (Wildman–Crippen LogP) is 0.638. The minimum absolute atomic E-state index is 0.0119. The molecule has 0 aromatic rings. The molecule has 2 atom stereocenters. The van der Waals surface area contributed by atoms with Gasteiger partial charge in [-0.25, -0.2) is 0 Å². The predicted molar refractivity (Wildman–Crippen MR) is 44.0 cm³/mol. The molecule has 4 heteroatoms. The molecule has 0 aromatic heterocycles. The molecule has 0 radical (unpaired) electrons. The summed E-state index contributed by atoms with van der Waals surface area (Å²) < 4.78 is 10.0. The van der Waals surface area contributed by atoms with Crippen molar-refractivity contribution in [1.29, 1.82) is 0 Å². The van der Waals surface area contributed by atoms with Crippen LogP contribution in [0, 0.1) is 0 Å². The quantitative estimate of drug-likeness (QED) is 0.613. The van der Waals surface area contributed by atoms with Crippen molar-refractivity contribution in [2.45, 2.75) is 19.1 Å². The topological polar surface area (TPSA) is 38.7 Å². The summed E-state index contributed by atoms with van der Waals surface area (Å²) in [6.45, 7) is 2.69. The van der Waals surface area contributed by atoms with Gasteiger partial charge in [0.05, 0.1) is 31.3 Å². The molecule has 0 bridgehead atoms. The molecule has 0 aliphatic carbocycles. The second-order valence-corrected chi connectivity index (χ2v) is 2.72. The van der Waals surface area contributed by atoms with Crippen molar-refractivity contribution < 1.29 is 14.6 Å². The Balaban J connectivity index is 3.22. The molecule has 0 unspecified atom stereocenters. The highest BCUT2D eigenvalue weighted by atomic mass is 35.5. The average molecular weight is 183 g/mol. The molecule has 0 fully saturated rings. The molecule has 0 aliphatic heterocycles. The van der Waals surface area contributed by atoms with Gasteiger partial charge in [0.1, 0.15) is 0 Å². The summed E-state index contributed by atoms with van der Waals surface area (Å²) in [7, 11) is 1.61. The molecule has 0 rings (SSSR count). The van der Waals surface area contributed by atoms with Crippen LogP contribution < -0.4 is 0 Å². The first-order chi connectivity index (χ1) is 5.20. The minimum atomic E-state index is -0.573. The van der Waals surface area contributed by atoms with Crippen LogP contribution in [0.1, 0.15) is 6.92 Å². The number of methoxy groups -OCH3 is 1. The Labute approximate surface area is 72.3 Å². The first-order valence-electron chi connectivity index (χ1n) is 3.55. The highest BCUT2D eigenvalue weighted by molar-refractivity contribution is 6.18. The first kappa shape index (κ1) is 11.2. The van der Waals surface area contributed by atoms with Crippen molar-refractivity contribution in [2.24, 2.45) is 0 Å². The Bertz CT molecular complexity index is 89.8. The van der Waals surface area contributed by atoms with Crippen molar-refractivity contribution in [1.82, 2.24) is 0 Å². The third-order valence-corrected chi connectivity index (χ3v) is 1.51. The van der Waals surface area contributed by atoms with E-state index in [-0.39, 0.29) is 18.6 Å². The minimum Gasteiger partial charge on any atom is -0.389 e. The number of alkyl halides is 1. The number of aliphatic hydroxyl groups is 1. The van der Waals surface area contributed by atoms with Crippen LogP contribution >= 0.6 is 11.6 Å². The van der Waals surface area contributed by atoms with Gasteiger partial charge in [-0.3, -0.25) is 0 Å². The second-order valence-electron chi connectivity index (χ2n) is 2.41. The summed E-state index contributed by atoms with van der Waals surface area (Å²) in [6, 6.07) is 0. The van der Waals surface area contributed by atoms with Gasteiger partial charge in [-0.1, -0.05) is 0 Å². The van der Waals surface area contributed by atoms with Crippen LogP contribution in [0.4, 0.5) is 0 Å². The molecule has 0 heterocycles. The van der Waals surface area contributed by atoms with Crippen LogP contribution in [0.25, 0.3) is 0 Å². The Morgan fingerprint density at radius 2 is 2.09 bits per heavy atom. The van der Waals surface area contributed by atoms with Gasteiger partial charge < -0.3 is 14.6 Å². The number of hydrogen-bond donors (Lipinski definition) is 1. The van der Waals surface area contributed by atoms with E-state index < -0.39 is 6.10 Å². The van der Waals surface area contributed by atoms with Gasteiger partial charge in [-0.05, 0) is 6.92 Å². The Morgan fingerprint density at radius 3 is 2.55 bits per heavy atom. The van der Waals surface area contributed by atoms with E-state index >= 15 is 0 Å². The number of hydrogen-bond acceptors (Lipinski definition) is 3. The largest absolute Gasteiger partial charge is 0.389 e. The highest BCUT2D eigenvalue weighted by Crippen LogP contribution is 1.95. The van der Waals surface area contributed by atoms with E-state index in [2.05, 4.69) is 0 Å². The van der Waals surface area contributed by atoms with E-state index in [0.29, 0.717) is 6.61 Å². The van der Waals surface area contributed by atoms with E-state index in [9.17, 15) is 0 Å². The monoisotopic (exact) mass is 182 g/mol. The molecule has 0 aromatic carbocycles. The van der Waals surface area contributed by atoms with Crippen molar-refractivity contribution in [3.63, 3.8) is 0 Å². The standard InChI is InChI=1S/C7H15ClO3/c1-6(4-10-2)11-5-7(9)3-8/h6-7,9H,3-5H2,1-2H3/t6-,7-/m1/s1. The van der Waals surface area contributed by atoms with Crippen LogP contribution in [0.2, 0.25) is 0 Å². The van der Waals surface area contributed by atoms with Crippen molar-refractivity contribution in [3.05, 3.63) is 0 Å². The fourth-order valence-corrected chi connectivity index (χ4v) is 0.692. The lowest BCUT2D eigenvalue weighted by Gasteiger charge is -2.13. The van der Waals surface area contributed by atoms with E-state index in [1.807, 2.05) is 6.92 Å². The van der Waals surface area contributed by atoms with Crippen LogP contribution in [-0.4, -0.2) is 43.5 Å². The fraction of sp³-hybridized carbons (Fsp3) is 1.00. The zero-order chi connectivity index (χ0) is 8.69. The summed E-state index contributed by atoms with van der Waals surface area (Å²) in [5.74, 6) is 0.208. The molecular formula is C7H15ClO3. The normalized spacial score (nSPS) is 16.4. The van der Waals surface area contributed by atoms with Gasteiger partial charge in [-0.2, -0.15) is 0 Å². The third-order valence-electron chi connectivity index (χ3n) is 1.15. The molecule has 0 saturated heterocycles. The fourth-order valence-electron chi connectivity index (χ4n) is 0.603. The van der Waals surface area contributed by atoms with E-state index in [4.69, 9.17) is 26.2 Å². The Hall–Kier alpha value is 0.170. The van der Waals surface area contributed by atoms with Gasteiger partial charge in [0, 0.05) is 7.11 Å². The number of aliphatic hydroxyl groups excluding tert-OH is 1. The lowest BCUT2D eigenvalue weighted by molar-refractivity contribution is -0.0260. The maximum absolute atomic E-state index is 8.98. The van der Waals surface area contributed by atoms with Crippen LogP contribution in [0.3, 0.4) is 0 Å². The summed E-state index contributed by atoms with van der Waals surface area (Å²) in [6.07, 6.45) is -0.561. The van der Waals surface area contributed by atoms with E-state index in [0.717, 1.165) is 0 Å². The van der Waals surface area contributed by atoms with Crippen LogP contribution in [0.15, 0.2) is 0 Å². The van der Waals surface area contributed by atoms with Gasteiger partial charge in [-0.15, -0.1) is 11.6 Å². The molecular weight excluding hydrogens is 168 g/mol. The summed E-state index contributed by atoms with van der Waals surface area (Å²) >= 11 is 5.35. The zero-order valence-electron chi connectivity index (χ0n) is 6.92. The van der Waals surface area contributed by atoms with Gasteiger partial charge in [0.25, 0.3) is 0 Å². The van der Waals surface area contributed by atoms with Crippen LogP contribution in [0.5, 0.6) is 0 Å². The molecule has 0 spiro atoms. The Kier molecular flexibility index (Phi) is 6.96. The van der Waals surface area contributed by atoms with Crippen molar-refractivity contribution in [2.75, 3.05) is 26.2 Å². The highest BCUT2D eigenvalue weighted by Gasteiger charge is 2.05. The molecule has 3 nitrogen and oxygen atoms in total. The maximum Gasteiger partial charge on any atom is 0.0908 e. The average Bonchev–Trinajstić information content (AvgIpc) is 2.01. The molecule has 0 amide bonds. The third kappa shape index (κ3) is 6.56. The number of halogens is 1. The number of ether oxygens (including phenoxy) is 2. The van der Waals surface area contributed by atoms with Crippen molar-refractivity contribution in [3.8, 4) is 0 Å². The second kappa shape index (κ2) is 6.85. The molecule has 11 heavy (non-hydrogen) atoms. The molecule has 0 aliphatic rings. The number of rotatable bonds is 6. The summed E-state index contributed by atoms with van der Waals surface area (Å²) in [5, 5.41) is 8.98.